The summed E-state index contributed by atoms with van der Waals surface area (Å²) in [5.41, 5.74) is 0.0817. The molecule has 33 heavy (non-hydrogen) atoms. The predicted molar refractivity (Wildman–Crippen MR) is 126 cm³/mol. The highest BCUT2D eigenvalue weighted by Crippen LogP contribution is 2.33. The van der Waals surface area contributed by atoms with E-state index >= 15 is 0 Å². The third-order valence-corrected chi connectivity index (χ3v) is 7.17. The highest BCUT2D eigenvalue weighted by atomic mass is 35.5. The van der Waals surface area contributed by atoms with Crippen molar-refractivity contribution in [3.05, 3.63) is 50.4 Å². The maximum Gasteiger partial charge on any atom is 0.332 e. The normalized spacial score (nSPS) is 16.2. The van der Waals surface area contributed by atoms with Gasteiger partial charge in [0.1, 0.15) is 12.1 Å². The Balaban J connectivity index is 1.54. The Morgan fingerprint density at radius 2 is 2.12 bits per heavy atom. The van der Waals surface area contributed by atoms with Crippen LogP contribution < -0.4 is 16.1 Å². The molecule has 1 unspecified atom stereocenters. The smallest absolute Gasteiger partial charge is 0.332 e. The summed E-state index contributed by atoms with van der Waals surface area (Å²) in [6, 6.07) is 5.51. The molecule has 1 aliphatic rings. The standard InChI is InChI=1S/C21H21ClN6O4S/c1-25-18-17(19(30)26(2)21(25)31)27(11-23-18)10-15(29)28(9-12-5-4-8-32-12)20-24-16-13(22)6-3-7-14(16)33-20/h3,6-7,11-12H,4-5,8-10H2,1-2H3. The fourth-order valence-electron chi connectivity index (χ4n) is 4.05. The molecular formula is C21H21ClN6O4S. The van der Waals surface area contributed by atoms with Gasteiger partial charge in [-0.3, -0.25) is 23.6 Å². The quantitative estimate of drug-likeness (QED) is 0.425. The Morgan fingerprint density at radius 3 is 2.85 bits per heavy atom. The molecule has 1 atom stereocenters. The molecular weight excluding hydrogens is 468 g/mol. The molecule has 0 spiro atoms. The number of thiazole rings is 1. The molecule has 1 saturated heterocycles. The molecule has 172 valence electrons. The van der Waals surface area contributed by atoms with Crippen molar-refractivity contribution in [3.8, 4) is 0 Å². The number of hydrogen-bond acceptors (Lipinski definition) is 7. The number of nitrogens with zero attached hydrogens (tertiary/aromatic N) is 6. The summed E-state index contributed by atoms with van der Waals surface area (Å²) in [5.74, 6) is -0.268. The van der Waals surface area contributed by atoms with Gasteiger partial charge in [-0.2, -0.15) is 0 Å². The second-order valence-corrected chi connectivity index (χ2v) is 9.39. The second kappa shape index (κ2) is 8.40. The van der Waals surface area contributed by atoms with E-state index in [9.17, 15) is 14.4 Å². The first-order chi connectivity index (χ1) is 15.8. The summed E-state index contributed by atoms with van der Waals surface area (Å²) in [6.07, 6.45) is 3.11. The predicted octanol–water partition coefficient (Wildman–Crippen LogP) is 1.91. The van der Waals surface area contributed by atoms with Crippen LogP contribution in [0.25, 0.3) is 21.4 Å². The van der Waals surface area contributed by atoms with Crippen LogP contribution in [-0.4, -0.2) is 48.8 Å². The van der Waals surface area contributed by atoms with E-state index in [1.165, 1.54) is 40.9 Å². The Hall–Kier alpha value is -3.02. The van der Waals surface area contributed by atoms with Gasteiger partial charge in [0, 0.05) is 20.7 Å². The number of rotatable bonds is 5. The average molecular weight is 489 g/mol. The summed E-state index contributed by atoms with van der Waals surface area (Å²) >= 11 is 7.68. The number of hydrogen-bond donors (Lipinski definition) is 0. The first-order valence-corrected chi connectivity index (χ1v) is 11.6. The summed E-state index contributed by atoms with van der Waals surface area (Å²) in [7, 11) is 2.94. The van der Waals surface area contributed by atoms with Crippen molar-refractivity contribution in [1.82, 2.24) is 23.7 Å². The van der Waals surface area contributed by atoms with Crippen LogP contribution in [0.1, 0.15) is 12.8 Å². The van der Waals surface area contributed by atoms with Crippen LogP contribution in [-0.2, 0) is 30.2 Å². The van der Waals surface area contributed by atoms with Gasteiger partial charge in [0.25, 0.3) is 5.56 Å². The highest BCUT2D eigenvalue weighted by Gasteiger charge is 2.27. The average Bonchev–Trinajstić information content (AvgIpc) is 3.54. The molecule has 1 aromatic carbocycles. The van der Waals surface area contributed by atoms with Crippen LogP contribution in [0.15, 0.2) is 34.1 Å². The number of amides is 1. The molecule has 10 nitrogen and oxygen atoms in total. The molecule has 5 rings (SSSR count). The number of aryl methyl sites for hydroxylation is 1. The van der Waals surface area contributed by atoms with Crippen molar-refractivity contribution >= 4 is 55.4 Å². The maximum absolute atomic E-state index is 13.5. The zero-order valence-electron chi connectivity index (χ0n) is 18.0. The van der Waals surface area contributed by atoms with Gasteiger partial charge in [0.15, 0.2) is 16.3 Å². The van der Waals surface area contributed by atoms with Crippen LogP contribution >= 0.6 is 22.9 Å². The summed E-state index contributed by atoms with van der Waals surface area (Å²) in [6.45, 7) is 0.869. The van der Waals surface area contributed by atoms with Gasteiger partial charge < -0.3 is 9.30 Å². The van der Waals surface area contributed by atoms with Gasteiger partial charge >= 0.3 is 5.69 Å². The molecule has 0 saturated carbocycles. The fraction of sp³-hybridized carbons (Fsp3) is 0.381. The van der Waals surface area contributed by atoms with Crippen molar-refractivity contribution in [2.75, 3.05) is 18.1 Å². The van der Waals surface area contributed by atoms with E-state index in [4.69, 9.17) is 16.3 Å². The van der Waals surface area contributed by atoms with Gasteiger partial charge in [0.05, 0.1) is 28.7 Å². The van der Waals surface area contributed by atoms with Crippen LogP contribution in [0.4, 0.5) is 5.13 Å². The van der Waals surface area contributed by atoms with E-state index < -0.39 is 11.2 Å². The number of aromatic nitrogens is 5. The summed E-state index contributed by atoms with van der Waals surface area (Å²) < 4.78 is 10.4. The molecule has 4 aromatic rings. The molecule has 0 radical (unpaired) electrons. The van der Waals surface area contributed by atoms with E-state index in [-0.39, 0.29) is 29.7 Å². The van der Waals surface area contributed by atoms with Crippen molar-refractivity contribution in [2.45, 2.75) is 25.5 Å². The molecule has 4 heterocycles. The van der Waals surface area contributed by atoms with E-state index in [0.717, 1.165) is 22.1 Å². The molecule has 3 aromatic heterocycles. The number of carbonyl (C=O) groups is 1. The van der Waals surface area contributed by atoms with Crippen LogP contribution in [0, 0.1) is 0 Å². The lowest BCUT2D eigenvalue weighted by molar-refractivity contribution is -0.119. The van der Waals surface area contributed by atoms with Crippen molar-refractivity contribution < 1.29 is 9.53 Å². The van der Waals surface area contributed by atoms with Crippen LogP contribution in [0.3, 0.4) is 0 Å². The number of benzene rings is 1. The van der Waals surface area contributed by atoms with Crippen LogP contribution in [0.2, 0.25) is 5.02 Å². The number of anilines is 1. The van der Waals surface area contributed by atoms with Crippen molar-refractivity contribution in [2.24, 2.45) is 14.1 Å². The second-order valence-electron chi connectivity index (χ2n) is 7.97. The number of fused-ring (bicyclic) bond motifs is 2. The Kier molecular flexibility index (Phi) is 5.55. The largest absolute Gasteiger partial charge is 0.376 e. The monoisotopic (exact) mass is 488 g/mol. The molecule has 0 N–H and O–H groups in total. The molecule has 1 fully saturated rings. The fourth-order valence-corrected chi connectivity index (χ4v) is 5.34. The van der Waals surface area contributed by atoms with Crippen molar-refractivity contribution in [3.63, 3.8) is 0 Å². The maximum atomic E-state index is 13.5. The minimum absolute atomic E-state index is 0.0929. The lowest BCUT2D eigenvalue weighted by Crippen LogP contribution is -2.40. The summed E-state index contributed by atoms with van der Waals surface area (Å²) in [4.78, 5) is 48.9. The first kappa shape index (κ1) is 21.8. The van der Waals surface area contributed by atoms with Crippen molar-refractivity contribution in [1.29, 1.82) is 0 Å². The van der Waals surface area contributed by atoms with Gasteiger partial charge in [-0.1, -0.05) is 29.0 Å². The van der Waals surface area contributed by atoms with Gasteiger partial charge in [-0.05, 0) is 25.0 Å². The minimum Gasteiger partial charge on any atom is -0.376 e. The first-order valence-electron chi connectivity index (χ1n) is 10.4. The van der Waals surface area contributed by atoms with E-state index in [1.54, 1.807) is 11.0 Å². The number of carbonyl (C=O) groups excluding carboxylic acids is 1. The zero-order valence-corrected chi connectivity index (χ0v) is 19.6. The lowest BCUT2D eigenvalue weighted by atomic mass is 10.2. The lowest BCUT2D eigenvalue weighted by Gasteiger charge is -2.23. The SMILES string of the molecule is Cn1c(=O)c2c(ncn2CC(=O)N(CC2CCCO2)c2nc3c(Cl)cccc3s2)n(C)c1=O. The molecule has 0 aliphatic carbocycles. The third kappa shape index (κ3) is 3.75. The van der Waals surface area contributed by atoms with Gasteiger partial charge in [0.2, 0.25) is 5.91 Å². The Bertz CT molecular complexity index is 1500. The minimum atomic E-state index is -0.504. The number of para-hydroxylation sites is 1. The number of halogens is 1. The van der Waals surface area contributed by atoms with Crippen LogP contribution in [0.5, 0.6) is 0 Å². The van der Waals surface area contributed by atoms with E-state index in [0.29, 0.717) is 28.8 Å². The van der Waals surface area contributed by atoms with Gasteiger partial charge in [-0.15, -0.1) is 0 Å². The third-order valence-electron chi connectivity index (χ3n) is 5.82. The van der Waals surface area contributed by atoms with E-state index in [2.05, 4.69) is 9.97 Å². The molecule has 1 amide bonds. The number of ether oxygens (including phenoxy) is 1. The molecule has 1 aliphatic heterocycles. The van der Waals surface area contributed by atoms with Gasteiger partial charge in [-0.25, -0.2) is 14.8 Å². The van der Waals surface area contributed by atoms with E-state index in [1.807, 2.05) is 12.1 Å². The number of imidazole rings is 1. The zero-order chi connectivity index (χ0) is 23.3. The molecule has 0 bridgehead atoms. The Morgan fingerprint density at radius 1 is 1.30 bits per heavy atom. The summed E-state index contributed by atoms with van der Waals surface area (Å²) in [5, 5.41) is 1.04. The highest BCUT2D eigenvalue weighted by molar-refractivity contribution is 7.22. The Labute approximate surface area is 196 Å². The molecule has 12 heteroatoms. The topological polar surface area (TPSA) is 104 Å².